The summed E-state index contributed by atoms with van der Waals surface area (Å²) in [7, 11) is 0. The highest BCUT2D eigenvalue weighted by atomic mass is 19.4. The minimum Gasteiger partial charge on any atom is -0.468 e. The molecule has 0 saturated carbocycles. The molecule has 1 amide bonds. The Morgan fingerprint density at radius 2 is 1.84 bits per heavy atom. The summed E-state index contributed by atoms with van der Waals surface area (Å²) in [5.41, 5.74) is -0.318. The predicted molar refractivity (Wildman–Crippen MR) is 50.5 cm³/mol. The smallest absolute Gasteiger partial charge is 0.468 e. The fraction of sp³-hybridized carbons (Fsp3) is 0.333. The fourth-order valence-electron chi connectivity index (χ4n) is 0.897. The van der Waals surface area contributed by atoms with Crippen molar-refractivity contribution in [2.24, 2.45) is 0 Å². The molecule has 0 aliphatic carbocycles. The monoisotopic (exact) mass is 288 g/mol. The highest BCUT2D eigenvalue weighted by molar-refractivity contribution is 5.94. The van der Waals surface area contributed by atoms with Gasteiger partial charge in [0.15, 0.2) is 6.61 Å². The van der Waals surface area contributed by atoms with E-state index in [1.807, 2.05) is 0 Å². The Hall–Kier alpha value is -2.00. The van der Waals surface area contributed by atoms with E-state index in [1.54, 1.807) is 0 Å². The highest BCUT2D eigenvalue weighted by Gasteiger charge is 2.38. The lowest BCUT2D eigenvalue weighted by atomic mass is 10.4. The highest BCUT2D eigenvalue weighted by Crippen LogP contribution is 2.20. The summed E-state index contributed by atoms with van der Waals surface area (Å²) in [6.45, 7) is -1.58. The van der Waals surface area contributed by atoms with Crippen LogP contribution in [-0.2, 0) is 4.79 Å². The minimum atomic E-state index is -5.06. The molecule has 0 saturated heterocycles. The number of rotatable bonds is 3. The molecule has 0 unspecified atom stereocenters. The zero-order valence-corrected chi connectivity index (χ0v) is 8.97. The Morgan fingerprint density at radius 1 is 1.21 bits per heavy atom. The number of pyridine rings is 1. The molecule has 4 nitrogen and oxygen atoms in total. The van der Waals surface area contributed by atoms with Crippen LogP contribution in [0, 0.1) is 0 Å². The van der Waals surface area contributed by atoms with Gasteiger partial charge in [-0.05, 0) is 6.07 Å². The maximum atomic E-state index is 11.9. The van der Waals surface area contributed by atoms with Crippen LogP contribution >= 0.6 is 0 Å². The molecule has 1 N–H and O–H groups in total. The summed E-state index contributed by atoms with van der Waals surface area (Å²) < 4.78 is 75.2. The summed E-state index contributed by atoms with van der Waals surface area (Å²) in [6.07, 6.45) is -8.87. The van der Waals surface area contributed by atoms with Gasteiger partial charge in [-0.1, -0.05) is 0 Å². The van der Waals surface area contributed by atoms with E-state index in [-0.39, 0.29) is 5.69 Å². The van der Waals surface area contributed by atoms with Gasteiger partial charge in [0.05, 0.1) is 11.9 Å². The number of carbonyl (C=O) groups excluding carboxylic acids is 1. The first kappa shape index (κ1) is 15.1. The number of carbonyl (C=O) groups is 1. The van der Waals surface area contributed by atoms with Gasteiger partial charge in [0.25, 0.3) is 0 Å². The molecule has 106 valence electrons. The van der Waals surface area contributed by atoms with Crippen molar-refractivity contribution in [3.63, 3.8) is 0 Å². The maximum absolute atomic E-state index is 11.9. The van der Waals surface area contributed by atoms with Crippen LogP contribution in [0.4, 0.5) is 32.0 Å². The van der Waals surface area contributed by atoms with E-state index in [0.717, 1.165) is 18.3 Å². The molecule has 0 fully saturated rings. The Kier molecular flexibility index (Phi) is 4.22. The Morgan fingerprint density at radius 3 is 2.26 bits per heavy atom. The van der Waals surface area contributed by atoms with Gasteiger partial charge in [-0.2, -0.15) is 26.3 Å². The van der Waals surface area contributed by atoms with Crippen molar-refractivity contribution in [3.8, 4) is 5.88 Å². The molecule has 0 aromatic carbocycles. The second-order valence-corrected chi connectivity index (χ2v) is 3.24. The number of anilines is 1. The number of nitrogens with one attached hydrogen (secondary N) is 1. The molecule has 0 spiro atoms. The normalized spacial score (nSPS) is 12.1. The van der Waals surface area contributed by atoms with Gasteiger partial charge in [0, 0.05) is 6.07 Å². The van der Waals surface area contributed by atoms with Gasteiger partial charge in [0.2, 0.25) is 5.88 Å². The summed E-state index contributed by atoms with van der Waals surface area (Å²) in [5, 5.41) is 1.48. The van der Waals surface area contributed by atoms with Crippen molar-refractivity contribution >= 4 is 11.6 Å². The third kappa shape index (κ3) is 5.44. The molecule has 0 radical (unpaired) electrons. The van der Waals surface area contributed by atoms with Gasteiger partial charge < -0.3 is 10.1 Å². The molecule has 10 heteroatoms. The van der Waals surface area contributed by atoms with E-state index in [2.05, 4.69) is 9.72 Å². The number of nitrogens with zero attached hydrogens (tertiary/aromatic N) is 1. The molecule has 0 atom stereocenters. The average Bonchev–Trinajstić information content (AvgIpc) is 2.26. The van der Waals surface area contributed by atoms with Crippen molar-refractivity contribution in [3.05, 3.63) is 18.3 Å². The van der Waals surface area contributed by atoms with Gasteiger partial charge in [-0.3, -0.25) is 4.79 Å². The van der Waals surface area contributed by atoms with Gasteiger partial charge in [0.1, 0.15) is 0 Å². The van der Waals surface area contributed by atoms with Crippen LogP contribution in [0.2, 0.25) is 0 Å². The van der Waals surface area contributed by atoms with Crippen molar-refractivity contribution in [2.45, 2.75) is 12.4 Å². The van der Waals surface area contributed by atoms with Crippen LogP contribution in [0.15, 0.2) is 18.3 Å². The zero-order valence-electron chi connectivity index (χ0n) is 8.97. The van der Waals surface area contributed by atoms with E-state index in [9.17, 15) is 31.1 Å². The molecule has 0 aliphatic heterocycles. The minimum absolute atomic E-state index is 0.318. The SMILES string of the molecule is O=C(Nc1ccc(OCC(F)(F)F)nc1)C(F)(F)F. The lowest BCUT2D eigenvalue weighted by Crippen LogP contribution is -2.29. The van der Waals surface area contributed by atoms with Crippen LogP contribution in [0.1, 0.15) is 0 Å². The molecule has 1 heterocycles. The van der Waals surface area contributed by atoms with Crippen LogP contribution in [0.25, 0.3) is 0 Å². The predicted octanol–water partition coefficient (Wildman–Crippen LogP) is 2.52. The zero-order chi connectivity index (χ0) is 14.7. The fourth-order valence-corrected chi connectivity index (χ4v) is 0.897. The number of hydrogen-bond donors (Lipinski definition) is 1. The molecular formula is C9H6F6N2O2. The van der Waals surface area contributed by atoms with Crippen molar-refractivity contribution in [1.29, 1.82) is 0 Å². The van der Waals surface area contributed by atoms with Crippen molar-refractivity contribution in [2.75, 3.05) is 11.9 Å². The molecule has 1 aromatic rings. The second kappa shape index (κ2) is 5.33. The largest absolute Gasteiger partial charge is 0.471 e. The third-order valence-electron chi connectivity index (χ3n) is 1.64. The number of hydrogen-bond acceptors (Lipinski definition) is 3. The van der Waals surface area contributed by atoms with Gasteiger partial charge >= 0.3 is 18.3 Å². The van der Waals surface area contributed by atoms with Gasteiger partial charge in [-0.15, -0.1) is 0 Å². The summed E-state index contributed by atoms with van der Waals surface area (Å²) in [5.74, 6) is -2.64. The topological polar surface area (TPSA) is 51.2 Å². The number of halogens is 6. The lowest BCUT2D eigenvalue weighted by Gasteiger charge is -2.10. The molecule has 1 rings (SSSR count). The molecule has 0 aliphatic rings. The van der Waals surface area contributed by atoms with E-state index in [1.165, 1.54) is 5.32 Å². The van der Waals surface area contributed by atoms with E-state index < -0.39 is 30.7 Å². The maximum Gasteiger partial charge on any atom is 0.471 e. The summed E-state index contributed by atoms with van der Waals surface area (Å²) in [4.78, 5) is 13.8. The van der Waals surface area contributed by atoms with E-state index in [4.69, 9.17) is 0 Å². The first-order valence-electron chi connectivity index (χ1n) is 4.62. The average molecular weight is 288 g/mol. The van der Waals surface area contributed by atoms with Crippen LogP contribution < -0.4 is 10.1 Å². The van der Waals surface area contributed by atoms with Crippen molar-refractivity contribution in [1.82, 2.24) is 4.98 Å². The first-order chi connectivity index (χ1) is 8.58. The standard InChI is InChI=1S/C9H6F6N2O2/c10-8(11,12)4-19-6-2-1-5(3-16-6)17-7(18)9(13,14)15/h1-3H,4H2,(H,17,18). The number of amides is 1. The Balaban J connectivity index is 2.60. The molecule has 19 heavy (non-hydrogen) atoms. The first-order valence-corrected chi connectivity index (χ1v) is 4.62. The van der Waals surface area contributed by atoms with Crippen LogP contribution in [0.5, 0.6) is 5.88 Å². The van der Waals surface area contributed by atoms with E-state index in [0.29, 0.717) is 0 Å². The lowest BCUT2D eigenvalue weighted by molar-refractivity contribution is -0.167. The van der Waals surface area contributed by atoms with Crippen molar-refractivity contribution < 1.29 is 35.9 Å². The van der Waals surface area contributed by atoms with Gasteiger partial charge in [-0.25, -0.2) is 4.98 Å². The number of alkyl halides is 6. The van der Waals surface area contributed by atoms with Crippen LogP contribution in [0.3, 0.4) is 0 Å². The molecular weight excluding hydrogens is 282 g/mol. The van der Waals surface area contributed by atoms with E-state index >= 15 is 0 Å². The summed E-state index contributed by atoms with van der Waals surface area (Å²) >= 11 is 0. The Bertz CT molecular complexity index is 440. The quantitative estimate of drug-likeness (QED) is 0.869. The second-order valence-electron chi connectivity index (χ2n) is 3.24. The Labute approximate surface area is 102 Å². The number of aromatic nitrogens is 1. The third-order valence-corrected chi connectivity index (χ3v) is 1.64. The summed E-state index contributed by atoms with van der Waals surface area (Å²) in [6, 6.07) is 1.83. The number of ether oxygens (including phenoxy) is 1. The molecule has 0 bridgehead atoms. The van der Waals surface area contributed by atoms with Crippen LogP contribution in [-0.4, -0.2) is 29.9 Å². The molecule has 1 aromatic heterocycles.